The lowest BCUT2D eigenvalue weighted by Crippen LogP contribution is -2.49. The average Bonchev–Trinajstić information content (AvgIpc) is 3.60. The van der Waals surface area contributed by atoms with E-state index in [1.165, 1.54) is 30.3 Å². The lowest BCUT2D eigenvalue weighted by Gasteiger charge is -2.33. The fourth-order valence-corrected chi connectivity index (χ4v) is 5.35. The van der Waals surface area contributed by atoms with E-state index in [2.05, 4.69) is 25.7 Å². The van der Waals surface area contributed by atoms with Gasteiger partial charge in [0.05, 0.1) is 29.0 Å². The van der Waals surface area contributed by atoms with E-state index in [0.717, 1.165) is 35.7 Å². The third-order valence-electron chi connectivity index (χ3n) is 8.35. The number of hydrogen-bond donors (Lipinski definition) is 3. The Labute approximate surface area is 306 Å². The number of guanidine groups is 1. The van der Waals surface area contributed by atoms with Crippen molar-refractivity contribution in [1.82, 2.24) is 45.3 Å². The van der Waals surface area contributed by atoms with Crippen LogP contribution >= 0.6 is 11.6 Å². The van der Waals surface area contributed by atoms with Crippen molar-refractivity contribution < 1.29 is 36.3 Å². The first-order chi connectivity index (χ1) is 24.9. The number of nitrogens with one attached hydrogen (secondary N) is 3. The molecular weight excluding hydrogens is 727 g/mol. The topological polar surface area (TPSA) is 156 Å². The molecule has 2 amide bonds. The fourth-order valence-electron chi connectivity index (χ4n) is 5.15. The van der Waals surface area contributed by atoms with Crippen LogP contribution in [-0.4, -0.2) is 78.0 Å². The van der Waals surface area contributed by atoms with Gasteiger partial charge in [-0.2, -0.15) is 18.3 Å². The molecule has 4 aromatic rings. The van der Waals surface area contributed by atoms with Gasteiger partial charge in [0.25, 0.3) is 12.3 Å². The Bertz CT molecular complexity index is 1920. The van der Waals surface area contributed by atoms with Crippen LogP contribution in [0.2, 0.25) is 5.02 Å². The first kappa shape index (κ1) is 39.1. The van der Waals surface area contributed by atoms with Crippen molar-refractivity contribution in [1.29, 1.82) is 5.41 Å². The van der Waals surface area contributed by atoms with Gasteiger partial charge in [0.1, 0.15) is 24.7 Å². The van der Waals surface area contributed by atoms with Gasteiger partial charge in [-0.05, 0) is 61.4 Å². The molecule has 1 fully saturated rings. The maximum absolute atomic E-state index is 14.4. The Morgan fingerprint density at radius 1 is 1.11 bits per heavy atom. The molecule has 3 N–H and O–H groups in total. The highest BCUT2D eigenvalue weighted by Gasteiger charge is 2.38. The fraction of sp³-hybridized carbons (Fsp3) is 0.441. The zero-order valence-corrected chi connectivity index (χ0v) is 29.9. The van der Waals surface area contributed by atoms with Crippen LogP contribution in [0.4, 0.5) is 26.7 Å². The van der Waals surface area contributed by atoms with Crippen molar-refractivity contribution in [2.75, 3.05) is 13.2 Å². The molecule has 0 saturated heterocycles. The summed E-state index contributed by atoms with van der Waals surface area (Å²) < 4.78 is 75.2. The lowest BCUT2D eigenvalue weighted by molar-refractivity contribution is -0.150. The van der Waals surface area contributed by atoms with Crippen LogP contribution in [0.15, 0.2) is 55.0 Å². The van der Waals surface area contributed by atoms with Crippen molar-refractivity contribution in [3.63, 3.8) is 0 Å². The van der Waals surface area contributed by atoms with E-state index >= 15 is 0 Å². The zero-order valence-electron chi connectivity index (χ0n) is 29.2. The lowest BCUT2D eigenvalue weighted by atomic mass is 9.92. The highest BCUT2D eigenvalue weighted by Crippen LogP contribution is 2.35. The van der Waals surface area contributed by atoms with Crippen molar-refractivity contribution in [2.24, 2.45) is 5.41 Å². The number of benzene rings is 2. The van der Waals surface area contributed by atoms with Gasteiger partial charge in [-0.15, -0.1) is 5.10 Å². The van der Waals surface area contributed by atoms with E-state index in [1.54, 1.807) is 28.3 Å². The molecule has 2 aromatic carbocycles. The molecule has 5 rings (SSSR count). The minimum atomic E-state index is -4.77. The number of halogens is 6. The average molecular weight is 765 g/mol. The van der Waals surface area contributed by atoms with Crippen LogP contribution in [0.1, 0.15) is 87.2 Å². The molecule has 2 aromatic heterocycles. The number of nitrogens with zero attached hydrogens (tertiary/aromatic N) is 7. The molecule has 1 aliphatic carbocycles. The molecule has 2 heterocycles. The Morgan fingerprint density at radius 3 is 2.43 bits per heavy atom. The van der Waals surface area contributed by atoms with Crippen LogP contribution in [0.25, 0.3) is 16.9 Å². The number of aromatic nitrogens is 6. The van der Waals surface area contributed by atoms with E-state index in [1.807, 2.05) is 20.8 Å². The van der Waals surface area contributed by atoms with E-state index in [-0.39, 0.29) is 33.8 Å². The number of carbonyl (C=O) groups excluding carboxylic acids is 2. The molecule has 0 aliphatic heterocycles. The monoisotopic (exact) mass is 764 g/mol. The minimum Gasteiger partial charge on any atom is -0.447 e. The van der Waals surface area contributed by atoms with Gasteiger partial charge >= 0.3 is 12.3 Å². The molecule has 0 bridgehead atoms. The number of rotatable bonds is 12. The van der Waals surface area contributed by atoms with Gasteiger partial charge in [-0.1, -0.05) is 55.8 Å². The Balaban J connectivity index is 1.54. The molecule has 0 spiro atoms. The van der Waals surface area contributed by atoms with Crippen molar-refractivity contribution in [3.05, 3.63) is 77.0 Å². The smallest absolute Gasteiger partial charge is 0.408 e. The van der Waals surface area contributed by atoms with E-state index in [0.29, 0.717) is 23.7 Å². The zero-order chi connectivity index (χ0) is 38.7. The van der Waals surface area contributed by atoms with Crippen LogP contribution in [-0.2, 0) is 4.74 Å². The van der Waals surface area contributed by atoms with Crippen LogP contribution < -0.4 is 10.6 Å². The first-order valence-corrected chi connectivity index (χ1v) is 17.0. The van der Waals surface area contributed by atoms with Gasteiger partial charge < -0.3 is 15.4 Å². The Morgan fingerprint density at radius 2 is 1.81 bits per heavy atom. The number of carbonyl (C=O) groups is 2. The van der Waals surface area contributed by atoms with Gasteiger partial charge in [-0.3, -0.25) is 15.1 Å². The molecule has 284 valence electrons. The Kier molecular flexibility index (Phi) is 11.7. The van der Waals surface area contributed by atoms with Gasteiger partial charge in [0.15, 0.2) is 11.8 Å². The summed E-state index contributed by atoms with van der Waals surface area (Å²) in [4.78, 5) is 31.7. The summed E-state index contributed by atoms with van der Waals surface area (Å²) in [7, 11) is 0. The molecule has 1 saturated carbocycles. The predicted molar refractivity (Wildman–Crippen MR) is 184 cm³/mol. The molecule has 2 atom stereocenters. The minimum absolute atomic E-state index is 0.0389. The summed E-state index contributed by atoms with van der Waals surface area (Å²) in [5, 5.41) is 25.9. The van der Waals surface area contributed by atoms with E-state index in [9.17, 15) is 31.5 Å². The second-order valence-electron chi connectivity index (χ2n) is 13.7. The van der Waals surface area contributed by atoms with Gasteiger partial charge in [0.2, 0.25) is 0 Å². The summed E-state index contributed by atoms with van der Waals surface area (Å²) in [6, 6.07) is 6.98. The maximum atomic E-state index is 14.4. The second kappa shape index (κ2) is 15.9. The number of ether oxygens (including phenoxy) is 1. The molecule has 53 heavy (non-hydrogen) atoms. The molecular formula is C34H38ClF5N10O3. The van der Waals surface area contributed by atoms with E-state index in [4.69, 9.17) is 21.7 Å². The number of alkyl carbamates (subject to hydrolysis) is 1. The summed E-state index contributed by atoms with van der Waals surface area (Å²) in [5.74, 6) is -1.92. The number of hydrogen-bond acceptors (Lipinski definition) is 8. The largest absolute Gasteiger partial charge is 0.447 e. The van der Waals surface area contributed by atoms with Crippen molar-refractivity contribution in [3.8, 4) is 16.9 Å². The van der Waals surface area contributed by atoms with E-state index < -0.39 is 55.1 Å². The number of alkyl halides is 5. The SMILES string of the molecule is C[C@H](NC(=O)OC[C@H](c1ccc(Cl)c(-n2ncnc2C(F)F)c1)N(C(=N)NCCC(C)(C)C)C(=O)c1ccc(-c2cn(C3CC3)nn2)cc1)C(F)(F)F. The molecule has 0 radical (unpaired) electrons. The quantitative estimate of drug-likeness (QED) is 0.0773. The first-order valence-electron chi connectivity index (χ1n) is 16.6. The molecule has 19 heteroatoms. The molecule has 0 unspecified atom stereocenters. The Hall–Kier alpha value is -5.13. The second-order valence-corrected chi connectivity index (χ2v) is 14.1. The predicted octanol–water partition coefficient (Wildman–Crippen LogP) is 7.27. The van der Waals surface area contributed by atoms with Gasteiger partial charge in [-0.25, -0.2) is 27.9 Å². The number of amides is 2. The molecule has 13 nitrogen and oxygen atoms in total. The summed E-state index contributed by atoms with van der Waals surface area (Å²) in [6.45, 7) is 6.14. The summed E-state index contributed by atoms with van der Waals surface area (Å²) >= 11 is 6.41. The summed E-state index contributed by atoms with van der Waals surface area (Å²) in [6.07, 6.45) is -3.97. The molecule has 1 aliphatic rings. The summed E-state index contributed by atoms with van der Waals surface area (Å²) in [5.41, 5.74) is 1.20. The van der Waals surface area contributed by atoms with Crippen molar-refractivity contribution >= 4 is 29.6 Å². The van der Waals surface area contributed by atoms with Crippen molar-refractivity contribution in [2.45, 2.75) is 77.7 Å². The standard InChI is InChI=1S/C34H38ClF5N10O3/c1-19(34(38,39)40)45-32(52)53-17-27(22-9-12-24(35)26(15-22)50-29(28(36)37)43-18-44-50)49(31(41)42-14-13-33(2,3)4)30(51)21-7-5-20(6-8-21)25-16-48(47-46-25)23-10-11-23/h5-9,12,15-16,18-19,23,27-28H,10-11,13-14,17H2,1-4H3,(H2,41,42)(H,45,52)/t19-,27+/m0/s1. The highest BCUT2D eigenvalue weighted by molar-refractivity contribution is 6.32. The maximum Gasteiger partial charge on any atom is 0.408 e. The van der Waals surface area contributed by atoms with Gasteiger partial charge in [0, 0.05) is 17.7 Å². The third-order valence-corrected chi connectivity index (χ3v) is 8.67. The van der Waals surface area contributed by atoms with Crippen LogP contribution in [0, 0.1) is 10.8 Å². The highest BCUT2D eigenvalue weighted by atomic mass is 35.5. The normalized spacial score (nSPS) is 14.5. The third kappa shape index (κ3) is 9.85. The van der Waals surface area contributed by atoms with Crippen LogP contribution in [0.3, 0.4) is 0 Å². The van der Waals surface area contributed by atoms with Crippen LogP contribution in [0.5, 0.6) is 0 Å².